The van der Waals surface area contributed by atoms with Crippen molar-refractivity contribution < 1.29 is 0 Å². The molecule has 0 aliphatic heterocycles. The van der Waals surface area contributed by atoms with Crippen molar-refractivity contribution in [3.05, 3.63) is 0 Å². The van der Waals surface area contributed by atoms with Crippen LogP contribution in [0.1, 0.15) is 41.5 Å². The Morgan fingerprint density at radius 2 is 0.600 bits per heavy atom. The van der Waals surface area contributed by atoms with Crippen LogP contribution >= 0.6 is 0 Å². The van der Waals surface area contributed by atoms with Crippen LogP contribution in [0, 0.1) is 0 Å². The number of hydrogen-bond acceptors (Lipinski definition) is 0. The minimum absolute atomic E-state index is 0. The summed E-state index contributed by atoms with van der Waals surface area (Å²) >= 11 is 0. The quantitative estimate of drug-likeness (QED) is 0.609. The van der Waals surface area contributed by atoms with Gasteiger partial charge in [-0.3, -0.25) is 0 Å². The molecule has 0 radical (unpaired) electrons. The molecule has 0 aromatic heterocycles. The van der Waals surface area contributed by atoms with Gasteiger partial charge in [0.1, 0.15) is 0 Å². The Labute approximate surface area is 130 Å². The molecule has 3 heteroatoms. The molecule has 0 saturated heterocycles. The fourth-order valence-electron chi connectivity index (χ4n) is 2.12. The summed E-state index contributed by atoms with van der Waals surface area (Å²) in [6.07, 6.45) is 8.62. The normalized spacial score (nSPS) is 9.60. The van der Waals surface area contributed by atoms with Crippen molar-refractivity contribution in [3.63, 3.8) is 0 Å². The first-order valence-electron chi connectivity index (χ1n) is 7.24. The molecule has 0 spiro atoms. The van der Waals surface area contributed by atoms with Crippen molar-refractivity contribution in [1.29, 1.82) is 0 Å². The molecule has 0 N–H and O–H groups in total. The minimum Gasteiger partial charge on any atom is -0.184 e. The standard InChI is InChI=1S/2C6H16B.Ca/c2*1-4-7(5-2)6-3;/h2*7H,4-6H2,1-3H3;/q2*-1;+2. The maximum Gasteiger partial charge on any atom is 2.00 e. The van der Waals surface area contributed by atoms with Crippen LogP contribution in [0.5, 0.6) is 0 Å². The van der Waals surface area contributed by atoms with Gasteiger partial charge in [-0.25, -0.2) is 0 Å². The molecule has 0 rings (SSSR count). The zero-order valence-corrected chi connectivity index (χ0v) is 14.6. The van der Waals surface area contributed by atoms with Gasteiger partial charge >= 0.3 is 37.7 Å². The van der Waals surface area contributed by atoms with Crippen LogP contribution in [0.2, 0.25) is 37.9 Å². The van der Waals surface area contributed by atoms with Gasteiger partial charge in [0.05, 0.1) is 0 Å². The van der Waals surface area contributed by atoms with E-state index in [1.807, 2.05) is 0 Å². The zero-order chi connectivity index (χ0) is 11.4. The van der Waals surface area contributed by atoms with Gasteiger partial charge in [0.2, 0.25) is 0 Å². The molecule has 0 unspecified atom stereocenters. The molecule has 88 valence electrons. The molecule has 0 amide bonds. The zero-order valence-electron chi connectivity index (χ0n) is 12.4. The Kier molecular flexibility index (Phi) is 25.7. The Morgan fingerprint density at radius 3 is 0.600 bits per heavy atom. The summed E-state index contributed by atoms with van der Waals surface area (Å²) in [5.41, 5.74) is 0. The topological polar surface area (TPSA) is 0 Å². The molecule has 0 aromatic rings. The van der Waals surface area contributed by atoms with Gasteiger partial charge in [0.15, 0.2) is 0 Å². The first-order chi connectivity index (χ1) is 6.69. The second kappa shape index (κ2) is 17.8. The van der Waals surface area contributed by atoms with Crippen LogP contribution in [-0.4, -0.2) is 51.2 Å². The molecule has 0 aliphatic rings. The van der Waals surface area contributed by atoms with Gasteiger partial charge in [-0.2, -0.15) is 37.9 Å². The first kappa shape index (κ1) is 21.7. The van der Waals surface area contributed by atoms with E-state index in [0.717, 1.165) is 0 Å². The summed E-state index contributed by atoms with van der Waals surface area (Å²) in [5, 5.41) is 0. The molecule has 0 saturated carbocycles. The monoisotopic (exact) mass is 238 g/mol. The molecule has 0 fully saturated rings. The molecule has 0 aliphatic carbocycles. The van der Waals surface area contributed by atoms with Crippen LogP contribution in [0.4, 0.5) is 0 Å². The third kappa shape index (κ3) is 15.4. The Balaban J connectivity index is -0.000000180. The molecule has 0 nitrogen and oxygen atoms in total. The van der Waals surface area contributed by atoms with Crippen LogP contribution in [0.15, 0.2) is 0 Å². The average Bonchev–Trinajstić information content (AvgIpc) is 2.24. The van der Waals surface area contributed by atoms with E-state index in [1.54, 1.807) is 0 Å². The van der Waals surface area contributed by atoms with Crippen molar-refractivity contribution in [3.8, 4) is 0 Å². The Hall–Kier alpha value is 1.39. The van der Waals surface area contributed by atoms with Gasteiger partial charge in [-0.1, -0.05) is 41.5 Å². The molecule has 0 heterocycles. The fourth-order valence-corrected chi connectivity index (χ4v) is 2.12. The van der Waals surface area contributed by atoms with Crippen LogP contribution in [-0.2, 0) is 0 Å². The SMILES string of the molecule is CC[BH-](CC)CC.CC[BH-](CC)CC.[Ca+2]. The molecule has 0 atom stereocenters. The van der Waals surface area contributed by atoms with Gasteiger partial charge in [-0.15, -0.1) is 0 Å². The van der Waals surface area contributed by atoms with Crippen LogP contribution in [0.25, 0.3) is 0 Å². The minimum atomic E-state index is 0. The third-order valence-electron chi connectivity index (χ3n) is 4.24. The molecular formula is C12H32B2Ca. The molecule has 15 heavy (non-hydrogen) atoms. The second-order valence-corrected chi connectivity index (χ2v) is 5.12. The fraction of sp³-hybridized carbons (Fsp3) is 1.00. The van der Waals surface area contributed by atoms with E-state index >= 15 is 0 Å². The second-order valence-electron chi connectivity index (χ2n) is 5.12. The van der Waals surface area contributed by atoms with Crippen LogP contribution < -0.4 is 0 Å². The van der Waals surface area contributed by atoms with Crippen molar-refractivity contribution in [1.82, 2.24) is 0 Å². The third-order valence-corrected chi connectivity index (χ3v) is 4.24. The van der Waals surface area contributed by atoms with Gasteiger partial charge in [0, 0.05) is 0 Å². The van der Waals surface area contributed by atoms with E-state index in [9.17, 15) is 0 Å². The van der Waals surface area contributed by atoms with Crippen molar-refractivity contribution in [2.45, 2.75) is 79.5 Å². The van der Waals surface area contributed by atoms with E-state index in [2.05, 4.69) is 41.5 Å². The Morgan fingerprint density at radius 1 is 0.467 bits per heavy atom. The summed E-state index contributed by atoms with van der Waals surface area (Å²) in [6, 6.07) is 0. The Bertz CT molecular complexity index is 68.6. The van der Waals surface area contributed by atoms with E-state index in [-0.39, 0.29) is 37.7 Å². The maximum atomic E-state index is 2.30. The van der Waals surface area contributed by atoms with Crippen molar-refractivity contribution >= 4 is 51.2 Å². The van der Waals surface area contributed by atoms with Gasteiger partial charge < -0.3 is 0 Å². The van der Waals surface area contributed by atoms with Crippen molar-refractivity contribution in [2.24, 2.45) is 0 Å². The van der Waals surface area contributed by atoms with Gasteiger partial charge in [-0.05, 0) is 13.4 Å². The van der Waals surface area contributed by atoms with E-state index < -0.39 is 0 Å². The largest absolute Gasteiger partial charge is 2.00 e. The van der Waals surface area contributed by atoms with E-state index in [1.165, 1.54) is 37.9 Å². The maximum absolute atomic E-state index is 2.30. The summed E-state index contributed by atoms with van der Waals surface area (Å²) in [4.78, 5) is 0. The van der Waals surface area contributed by atoms with E-state index in [0.29, 0.717) is 13.4 Å². The predicted molar refractivity (Wildman–Crippen MR) is 82.9 cm³/mol. The molecule has 0 bridgehead atoms. The summed E-state index contributed by atoms with van der Waals surface area (Å²) in [5.74, 6) is 0. The van der Waals surface area contributed by atoms with Crippen LogP contribution in [0.3, 0.4) is 0 Å². The predicted octanol–water partition coefficient (Wildman–Crippen LogP) is 4.17. The summed E-state index contributed by atoms with van der Waals surface area (Å²) in [6.45, 7) is 14.4. The smallest absolute Gasteiger partial charge is 0.184 e. The molecule has 0 aromatic carbocycles. The molecular weight excluding hydrogens is 206 g/mol. The first-order valence-corrected chi connectivity index (χ1v) is 7.24. The average molecular weight is 238 g/mol. The summed E-state index contributed by atoms with van der Waals surface area (Å²) < 4.78 is 0. The van der Waals surface area contributed by atoms with Gasteiger partial charge in [0.25, 0.3) is 0 Å². The number of rotatable bonds is 6. The van der Waals surface area contributed by atoms with E-state index in [4.69, 9.17) is 0 Å². The number of hydrogen-bond donors (Lipinski definition) is 0. The summed E-state index contributed by atoms with van der Waals surface area (Å²) in [7, 11) is 0. The van der Waals surface area contributed by atoms with Crippen molar-refractivity contribution in [2.75, 3.05) is 0 Å².